The van der Waals surface area contributed by atoms with E-state index in [4.69, 9.17) is 0 Å². The fraction of sp³-hybridized carbons (Fsp3) is 0.214. The van der Waals surface area contributed by atoms with Crippen molar-refractivity contribution < 1.29 is 0 Å². The predicted octanol–water partition coefficient (Wildman–Crippen LogP) is 2.15. The zero-order valence-electron chi connectivity index (χ0n) is 10.2. The van der Waals surface area contributed by atoms with Crippen molar-refractivity contribution in [2.75, 3.05) is 0 Å². The van der Waals surface area contributed by atoms with Crippen LogP contribution in [0.15, 0.2) is 43.0 Å². The van der Waals surface area contributed by atoms with Crippen molar-refractivity contribution in [2.45, 2.75) is 12.8 Å². The van der Waals surface area contributed by atoms with Crippen LogP contribution in [0.2, 0.25) is 0 Å². The van der Waals surface area contributed by atoms with Crippen LogP contribution in [0.4, 0.5) is 0 Å². The Kier molecular flexibility index (Phi) is 2.76. The van der Waals surface area contributed by atoms with Gasteiger partial charge in [0.25, 0.3) is 0 Å². The van der Waals surface area contributed by atoms with Crippen LogP contribution in [0.1, 0.15) is 11.3 Å². The smallest absolute Gasteiger partial charge is 0.163 e. The first-order valence-electron chi connectivity index (χ1n) is 5.99. The van der Waals surface area contributed by atoms with Gasteiger partial charge in [0.1, 0.15) is 11.8 Å². The molecule has 0 unspecified atom stereocenters. The number of fused-ring (bicyclic) bond motifs is 1. The summed E-state index contributed by atoms with van der Waals surface area (Å²) >= 11 is 0. The molecule has 0 radical (unpaired) electrons. The Morgan fingerprint density at radius 3 is 2.67 bits per heavy atom. The number of rotatable bonds is 3. The van der Waals surface area contributed by atoms with E-state index in [1.54, 1.807) is 12.7 Å². The topological polar surface area (TPSA) is 43.6 Å². The lowest BCUT2D eigenvalue weighted by Crippen LogP contribution is -1.98. The molecular formula is C14H14N4. The van der Waals surface area contributed by atoms with Crippen molar-refractivity contribution in [3.8, 4) is 0 Å². The highest BCUT2D eigenvalue weighted by atomic mass is 15.1. The third kappa shape index (κ3) is 1.97. The molecule has 0 fully saturated rings. The summed E-state index contributed by atoms with van der Waals surface area (Å²) in [5.41, 5.74) is 4.15. The molecule has 90 valence electrons. The highest BCUT2D eigenvalue weighted by Gasteiger charge is 2.07. The van der Waals surface area contributed by atoms with E-state index in [-0.39, 0.29) is 0 Å². The maximum Gasteiger partial charge on any atom is 0.163 e. The zero-order chi connectivity index (χ0) is 12.4. The van der Waals surface area contributed by atoms with E-state index < -0.39 is 0 Å². The van der Waals surface area contributed by atoms with Crippen LogP contribution in [-0.4, -0.2) is 19.5 Å². The minimum absolute atomic E-state index is 0.889. The van der Waals surface area contributed by atoms with Crippen LogP contribution >= 0.6 is 0 Å². The molecule has 1 aromatic carbocycles. The third-order valence-electron chi connectivity index (χ3n) is 3.07. The van der Waals surface area contributed by atoms with Crippen molar-refractivity contribution in [1.82, 2.24) is 19.5 Å². The lowest BCUT2D eigenvalue weighted by atomic mass is 10.1. The quantitative estimate of drug-likeness (QED) is 0.702. The van der Waals surface area contributed by atoms with Gasteiger partial charge in [-0.15, -0.1) is 0 Å². The molecule has 3 aromatic rings. The first kappa shape index (κ1) is 10.9. The van der Waals surface area contributed by atoms with Gasteiger partial charge in [0.2, 0.25) is 0 Å². The average Bonchev–Trinajstić information content (AvgIpc) is 2.80. The number of imidazole rings is 1. The number of hydrogen-bond donors (Lipinski definition) is 0. The lowest BCUT2D eigenvalue weighted by Gasteiger charge is -2.02. The van der Waals surface area contributed by atoms with Crippen LogP contribution in [0.3, 0.4) is 0 Å². The first-order valence-corrected chi connectivity index (χ1v) is 5.99. The molecule has 0 bridgehead atoms. The number of hydrogen-bond acceptors (Lipinski definition) is 3. The highest BCUT2D eigenvalue weighted by molar-refractivity contribution is 5.72. The van der Waals surface area contributed by atoms with E-state index in [1.807, 2.05) is 17.7 Å². The average molecular weight is 238 g/mol. The second-order valence-corrected chi connectivity index (χ2v) is 4.33. The highest BCUT2D eigenvalue weighted by Crippen LogP contribution is 2.14. The summed E-state index contributed by atoms with van der Waals surface area (Å²) in [7, 11) is 1.95. The van der Waals surface area contributed by atoms with Crippen LogP contribution in [-0.2, 0) is 19.9 Å². The molecule has 0 N–H and O–H groups in total. The number of benzene rings is 1. The summed E-state index contributed by atoms with van der Waals surface area (Å²) in [6, 6.07) is 10.4. The van der Waals surface area contributed by atoms with E-state index in [0.717, 1.165) is 29.7 Å². The summed E-state index contributed by atoms with van der Waals surface area (Å²) in [4.78, 5) is 13.0. The minimum atomic E-state index is 0.889. The number of nitrogens with zero attached hydrogens (tertiary/aromatic N) is 4. The first-order chi connectivity index (χ1) is 8.84. The van der Waals surface area contributed by atoms with Crippen LogP contribution in [0.5, 0.6) is 0 Å². The second-order valence-electron chi connectivity index (χ2n) is 4.33. The predicted molar refractivity (Wildman–Crippen MR) is 70.2 cm³/mol. The molecule has 18 heavy (non-hydrogen) atoms. The van der Waals surface area contributed by atoms with Crippen molar-refractivity contribution in [3.05, 3.63) is 54.2 Å². The SMILES string of the molecule is Cn1cnc2c(CCc3ccccc3)ncnc21. The van der Waals surface area contributed by atoms with Crippen molar-refractivity contribution in [3.63, 3.8) is 0 Å². The molecule has 0 aliphatic heterocycles. The Hall–Kier alpha value is -2.23. The van der Waals surface area contributed by atoms with E-state index in [1.165, 1.54) is 5.56 Å². The number of aryl methyl sites for hydroxylation is 3. The van der Waals surface area contributed by atoms with Gasteiger partial charge in [-0.1, -0.05) is 30.3 Å². The van der Waals surface area contributed by atoms with E-state index in [0.29, 0.717) is 0 Å². The van der Waals surface area contributed by atoms with Crippen molar-refractivity contribution in [1.29, 1.82) is 0 Å². The molecule has 0 atom stereocenters. The Labute approximate surface area is 105 Å². The maximum absolute atomic E-state index is 4.37. The summed E-state index contributed by atoms with van der Waals surface area (Å²) in [6.07, 6.45) is 5.26. The Bertz CT molecular complexity index is 658. The van der Waals surface area contributed by atoms with Crippen LogP contribution in [0.25, 0.3) is 11.2 Å². The molecule has 4 nitrogen and oxygen atoms in total. The molecule has 2 heterocycles. The molecular weight excluding hydrogens is 224 g/mol. The fourth-order valence-electron chi connectivity index (χ4n) is 2.08. The number of aromatic nitrogens is 4. The molecule has 4 heteroatoms. The second kappa shape index (κ2) is 4.56. The molecule has 3 rings (SSSR count). The van der Waals surface area contributed by atoms with Crippen molar-refractivity contribution in [2.24, 2.45) is 7.05 Å². The monoisotopic (exact) mass is 238 g/mol. The zero-order valence-corrected chi connectivity index (χ0v) is 10.2. The summed E-state index contributed by atoms with van der Waals surface area (Å²) < 4.78 is 1.92. The lowest BCUT2D eigenvalue weighted by molar-refractivity contribution is 0.903. The summed E-state index contributed by atoms with van der Waals surface area (Å²) in [5, 5.41) is 0. The normalized spacial score (nSPS) is 10.9. The van der Waals surface area contributed by atoms with Gasteiger partial charge in [0.05, 0.1) is 12.0 Å². The molecule has 2 aromatic heterocycles. The molecule has 0 aliphatic rings. The van der Waals surface area contributed by atoms with Gasteiger partial charge >= 0.3 is 0 Å². The summed E-state index contributed by atoms with van der Waals surface area (Å²) in [6.45, 7) is 0. The van der Waals surface area contributed by atoms with Crippen molar-refractivity contribution >= 4 is 11.2 Å². The Balaban J connectivity index is 1.87. The third-order valence-corrected chi connectivity index (χ3v) is 3.07. The molecule has 0 saturated heterocycles. The van der Waals surface area contributed by atoms with Crippen LogP contribution < -0.4 is 0 Å². The largest absolute Gasteiger partial charge is 0.318 e. The van der Waals surface area contributed by atoms with Crippen LogP contribution in [0, 0.1) is 0 Å². The van der Waals surface area contributed by atoms with Gasteiger partial charge in [0, 0.05) is 7.05 Å². The maximum atomic E-state index is 4.37. The van der Waals surface area contributed by atoms with Gasteiger partial charge in [-0.05, 0) is 18.4 Å². The standard InChI is InChI=1S/C14H14N4/c1-18-10-17-13-12(15-9-16-14(13)18)8-7-11-5-3-2-4-6-11/h2-6,9-10H,7-8H2,1H3. The van der Waals surface area contributed by atoms with E-state index in [2.05, 4.69) is 39.2 Å². The molecule has 0 amide bonds. The van der Waals surface area contributed by atoms with Gasteiger partial charge in [0.15, 0.2) is 5.65 Å². The molecule has 0 aliphatic carbocycles. The van der Waals surface area contributed by atoms with Gasteiger partial charge < -0.3 is 4.57 Å². The molecule has 0 saturated carbocycles. The van der Waals surface area contributed by atoms with Gasteiger partial charge in [-0.2, -0.15) is 0 Å². The van der Waals surface area contributed by atoms with Gasteiger partial charge in [-0.3, -0.25) is 0 Å². The Morgan fingerprint density at radius 1 is 1.00 bits per heavy atom. The fourth-order valence-corrected chi connectivity index (χ4v) is 2.08. The Morgan fingerprint density at radius 2 is 1.83 bits per heavy atom. The minimum Gasteiger partial charge on any atom is -0.318 e. The molecule has 0 spiro atoms. The summed E-state index contributed by atoms with van der Waals surface area (Å²) in [5.74, 6) is 0. The van der Waals surface area contributed by atoms with E-state index in [9.17, 15) is 0 Å². The van der Waals surface area contributed by atoms with Gasteiger partial charge in [-0.25, -0.2) is 15.0 Å². The van der Waals surface area contributed by atoms with E-state index >= 15 is 0 Å².